The van der Waals surface area contributed by atoms with Crippen molar-refractivity contribution in [3.05, 3.63) is 79.4 Å². The van der Waals surface area contributed by atoms with Crippen molar-refractivity contribution < 1.29 is 9.53 Å². The van der Waals surface area contributed by atoms with E-state index in [4.69, 9.17) is 39.5 Å². The van der Waals surface area contributed by atoms with Crippen molar-refractivity contribution in [2.45, 2.75) is 6.61 Å². The number of anilines is 1. The highest BCUT2D eigenvalue weighted by atomic mass is 35.5. The van der Waals surface area contributed by atoms with Gasteiger partial charge in [-0.2, -0.15) is 0 Å². The minimum Gasteiger partial charge on any atom is -0.489 e. The van der Waals surface area contributed by atoms with Crippen LogP contribution in [-0.2, 0) is 6.61 Å². The van der Waals surface area contributed by atoms with Crippen molar-refractivity contribution >= 4 is 57.7 Å². The van der Waals surface area contributed by atoms with Crippen LogP contribution in [0.2, 0.25) is 15.1 Å². The Kier molecular flexibility index (Phi) is 5.86. The van der Waals surface area contributed by atoms with Gasteiger partial charge in [0, 0.05) is 26.3 Å². The molecular weight excluding hydrogens is 401 g/mol. The molecule has 0 radical (unpaired) electrons. The first-order chi connectivity index (χ1) is 12.0. The maximum absolute atomic E-state index is 12.3. The summed E-state index contributed by atoms with van der Waals surface area (Å²) >= 11 is 19.1. The molecule has 0 bridgehead atoms. The largest absolute Gasteiger partial charge is 0.489 e. The number of hydrogen-bond acceptors (Lipinski definition) is 3. The molecule has 0 saturated carbocycles. The van der Waals surface area contributed by atoms with E-state index in [1.54, 1.807) is 48.5 Å². The van der Waals surface area contributed by atoms with Gasteiger partial charge in [0.25, 0.3) is 5.91 Å². The van der Waals surface area contributed by atoms with Crippen LogP contribution in [0.1, 0.15) is 15.2 Å². The van der Waals surface area contributed by atoms with Crippen LogP contribution in [0.3, 0.4) is 0 Å². The minimum absolute atomic E-state index is 0.221. The third kappa shape index (κ3) is 5.13. The first-order valence-corrected chi connectivity index (χ1v) is 9.24. The number of halogens is 3. The van der Waals surface area contributed by atoms with E-state index in [0.717, 1.165) is 11.3 Å². The summed E-state index contributed by atoms with van der Waals surface area (Å²) in [7, 11) is 0. The maximum atomic E-state index is 12.3. The molecule has 7 heteroatoms. The van der Waals surface area contributed by atoms with E-state index in [9.17, 15) is 4.79 Å². The lowest BCUT2D eigenvalue weighted by Gasteiger charge is -2.05. The second-order valence-electron chi connectivity index (χ2n) is 5.17. The Hall–Kier alpha value is -1.72. The molecule has 1 aromatic heterocycles. The third-order valence-corrected chi connectivity index (χ3v) is 4.88. The summed E-state index contributed by atoms with van der Waals surface area (Å²) in [5, 5.41) is 6.25. The second-order valence-corrected chi connectivity index (χ2v) is 7.39. The van der Waals surface area contributed by atoms with Gasteiger partial charge in [0.2, 0.25) is 0 Å². The van der Waals surface area contributed by atoms with Gasteiger partial charge in [-0.25, -0.2) is 0 Å². The highest BCUT2D eigenvalue weighted by Crippen LogP contribution is 2.24. The molecule has 2 aromatic carbocycles. The average Bonchev–Trinajstić information content (AvgIpc) is 3.02. The lowest BCUT2D eigenvalue weighted by molar-refractivity contribution is 0.103. The molecule has 1 amide bonds. The van der Waals surface area contributed by atoms with Crippen LogP contribution >= 0.6 is 46.1 Å². The van der Waals surface area contributed by atoms with Crippen LogP contribution in [0, 0.1) is 0 Å². The van der Waals surface area contributed by atoms with E-state index in [-0.39, 0.29) is 5.91 Å². The van der Waals surface area contributed by atoms with Gasteiger partial charge in [0.1, 0.15) is 12.4 Å². The van der Waals surface area contributed by atoms with Gasteiger partial charge in [-0.3, -0.25) is 4.79 Å². The summed E-state index contributed by atoms with van der Waals surface area (Å²) in [6.07, 6.45) is 0. The Bertz CT molecular complexity index is 873. The van der Waals surface area contributed by atoms with Gasteiger partial charge in [-0.05, 0) is 53.9 Å². The normalized spacial score (nSPS) is 10.5. The summed E-state index contributed by atoms with van der Waals surface area (Å²) in [5.74, 6) is 0.497. The number of carbonyl (C=O) groups excluding carboxylic acids is 1. The Labute approximate surface area is 164 Å². The van der Waals surface area contributed by atoms with Crippen molar-refractivity contribution in [3.63, 3.8) is 0 Å². The molecule has 0 saturated heterocycles. The molecular formula is C18H12Cl3NO2S. The van der Waals surface area contributed by atoms with E-state index < -0.39 is 0 Å². The van der Waals surface area contributed by atoms with Crippen molar-refractivity contribution in [2.75, 3.05) is 5.32 Å². The lowest BCUT2D eigenvalue weighted by atomic mass is 10.3. The van der Waals surface area contributed by atoms with Crippen molar-refractivity contribution in [2.24, 2.45) is 0 Å². The zero-order valence-electron chi connectivity index (χ0n) is 12.8. The molecule has 1 N–H and O–H groups in total. The molecule has 3 aromatic rings. The Morgan fingerprint density at radius 3 is 2.32 bits per heavy atom. The molecule has 0 spiro atoms. The third-order valence-electron chi connectivity index (χ3n) is 3.22. The monoisotopic (exact) mass is 411 g/mol. The Morgan fingerprint density at radius 1 is 0.960 bits per heavy atom. The molecule has 0 fully saturated rings. The molecule has 1 heterocycles. The van der Waals surface area contributed by atoms with Crippen LogP contribution < -0.4 is 10.1 Å². The van der Waals surface area contributed by atoms with Crippen LogP contribution in [0.4, 0.5) is 5.69 Å². The zero-order chi connectivity index (χ0) is 17.8. The maximum Gasteiger partial charge on any atom is 0.265 e. The van der Waals surface area contributed by atoms with Crippen LogP contribution in [-0.4, -0.2) is 5.91 Å². The molecule has 3 rings (SSSR count). The zero-order valence-corrected chi connectivity index (χ0v) is 15.8. The summed E-state index contributed by atoms with van der Waals surface area (Å²) < 4.78 is 5.67. The molecule has 128 valence electrons. The Balaban J connectivity index is 1.62. The van der Waals surface area contributed by atoms with E-state index >= 15 is 0 Å². The SMILES string of the molecule is O=C(Nc1cc(Cl)cc(Cl)c1)c1cc(COc2ccc(Cl)cc2)cs1. The Morgan fingerprint density at radius 2 is 1.64 bits per heavy atom. The first kappa shape index (κ1) is 18.1. The number of nitrogens with one attached hydrogen (secondary N) is 1. The second kappa shape index (κ2) is 8.11. The fourth-order valence-corrected chi connectivity index (χ4v) is 3.53. The van der Waals surface area contributed by atoms with E-state index in [1.807, 2.05) is 5.38 Å². The predicted octanol–water partition coefficient (Wildman–Crippen LogP) is 6.54. The topological polar surface area (TPSA) is 38.3 Å². The number of carbonyl (C=O) groups is 1. The van der Waals surface area contributed by atoms with Crippen LogP contribution in [0.25, 0.3) is 0 Å². The summed E-state index contributed by atoms with van der Waals surface area (Å²) in [4.78, 5) is 12.9. The van der Waals surface area contributed by atoms with Crippen molar-refractivity contribution in [3.8, 4) is 5.75 Å². The summed E-state index contributed by atoms with van der Waals surface area (Å²) in [5.41, 5.74) is 1.46. The molecule has 0 atom stereocenters. The highest BCUT2D eigenvalue weighted by molar-refractivity contribution is 7.12. The van der Waals surface area contributed by atoms with Gasteiger partial charge in [0.05, 0.1) is 4.88 Å². The quantitative estimate of drug-likeness (QED) is 0.516. The molecule has 0 aliphatic rings. The summed E-state index contributed by atoms with van der Waals surface area (Å²) in [6.45, 7) is 0.369. The fraction of sp³-hybridized carbons (Fsp3) is 0.0556. The molecule has 0 aliphatic carbocycles. The molecule has 0 unspecified atom stereocenters. The number of thiophene rings is 1. The number of ether oxygens (including phenoxy) is 1. The number of rotatable bonds is 5. The fourth-order valence-electron chi connectivity index (χ4n) is 2.09. The lowest BCUT2D eigenvalue weighted by Crippen LogP contribution is -2.10. The smallest absolute Gasteiger partial charge is 0.265 e. The minimum atomic E-state index is -0.221. The number of amides is 1. The van der Waals surface area contributed by atoms with Crippen molar-refractivity contribution in [1.82, 2.24) is 0 Å². The highest BCUT2D eigenvalue weighted by Gasteiger charge is 2.11. The van der Waals surface area contributed by atoms with Crippen molar-refractivity contribution in [1.29, 1.82) is 0 Å². The standard InChI is InChI=1S/C18H12Cl3NO2S/c19-12-1-3-16(4-2-12)24-9-11-5-17(25-10-11)18(23)22-15-7-13(20)6-14(21)8-15/h1-8,10H,9H2,(H,22,23). The van der Waals surface area contributed by atoms with Gasteiger partial charge < -0.3 is 10.1 Å². The van der Waals surface area contributed by atoms with Gasteiger partial charge >= 0.3 is 0 Å². The average molecular weight is 413 g/mol. The van der Waals surface area contributed by atoms with Gasteiger partial charge in [0.15, 0.2) is 0 Å². The van der Waals surface area contributed by atoms with Crippen LogP contribution in [0.15, 0.2) is 53.9 Å². The number of benzene rings is 2. The predicted molar refractivity (Wildman–Crippen MR) is 105 cm³/mol. The van der Waals surface area contributed by atoms with E-state index in [2.05, 4.69) is 5.32 Å². The van der Waals surface area contributed by atoms with Gasteiger partial charge in [-0.15, -0.1) is 11.3 Å². The van der Waals surface area contributed by atoms with Crippen LogP contribution in [0.5, 0.6) is 5.75 Å². The number of hydrogen-bond donors (Lipinski definition) is 1. The van der Waals surface area contributed by atoms with E-state index in [0.29, 0.717) is 32.2 Å². The molecule has 3 nitrogen and oxygen atoms in total. The summed E-state index contributed by atoms with van der Waals surface area (Å²) in [6, 6.07) is 13.8. The van der Waals surface area contributed by atoms with E-state index in [1.165, 1.54) is 11.3 Å². The van der Waals surface area contributed by atoms with Gasteiger partial charge in [-0.1, -0.05) is 34.8 Å². The first-order valence-electron chi connectivity index (χ1n) is 7.23. The molecule has 0 aliphatic heterocycles. The molecule has 25 heavy (non-hydrogen) atoms.